The molecule has 0 spiro atoms. The summed E-state index contributed by atoms with van der Waals surface area (Å²) < 4.78 is 13.7. The predicted molar refractivity (Wildman–Crippen MR) is 162 cm³/mol. The van der Waals surface area contributed by atoms with Gasteiger partial charge in [-0.25, -0.2) is 0 Å². The van der Waals surface area contributed by atoms with E-state index in [0.29, 0.717) is 6.04 Å². The Labute approximate surface area is 222 Å². The van der Waals surface area contributed by atoms with E-state index in [0.717, 1.165) is 19.4 Å². The molecule has 1 fully saturated rings. The van der Waals surface area contributed by atoms with Crippen LogP contribution >= 0.6 is 0 Å². The lowest BCUT2D eigenvalue weighted by atomic mass is 9.94. The fraction of sp³-hybridized carbons (Fsp3) is 0.933. The Balaban J connectivity index is 2.64. The summed E-state index contributed by atoms with van der Waals surface area (Å²) in [4.78, 5) is 0. The van der Waals surface area contributed by atoms with Gasteiger partial charge in [0.25, 0.3) is 0 Å². The van der Waals surface area contributed by atoms with E-state index in [4.69, 9.17) is 8.85 Å². The van der Waals surface area contributed by atoms with Crippen LogP contribution in [-0.4, -0.2) is 41.4 Å². The first-order valence-electron chi connectivity index (χ1n) is 14.8. The standard InChI is InChI=1S/C30H63NO2Si2/c1-12-13-14-15-16-17-18-19-20-21-22-26-23-24-28(33-35(10,11)30(5,6)7)27(31-26)25-32-34(8,9)29(2,3)4/h20-21,26-28,31H,12-19,22-25H2,1-11H3/b21-20+/t26-,27+,28-/m0/s1. The van der Waals surface area contributed by atoms with Gasteiger partial charge in [0, 0.05) is 6.04 Å². The van der Waals surface area contributed by atoms with E-state index in [1.807, 2.05) is 0 Å². The molecule has 35 heavy (non-hydrogen) atoms. The summed E-state index contributed by atoms with van der Waals surface area (Å²) in [6.07, 6.45) is 19.5. The summed E-state index contributed by atoms with van der Waals surface area (Å²) in [6.45, 7) is 26.6. The molecule has 0 unspecified atom stereocenters. The number of unbranched alkanes of at least 4 members (excludes halogenated alkanes) is 7. The van der Waals surface area contributed by atoms with Crippen LogP contribution in [0.5, 0.6) is 0 Å². The summed E-state index contributed by atoms with van der Waals surface area (Å²) in [5.74, 6) is 0. The number of allylic oxidation sites excluding steroid dienone is 1. The van der Waals surface area contributed by atoms with E-state index in [1.54, 1.807) is 0 Å². The number of piperidine rings is 1. The highest BCUT2D eigenvalue weighted by atomic mass is 28.4. The third-order valence-electron chi connectivity index (χ3n) is 8.94. The Morgan fingerprint density at radius 3 is 1.91 bits per heavy atom. The summed E-state index contributed by atoms with van der Waals surface area (Å²) in [6, 6.07) is 0.820. The maximum absolute atomic E-state index is 6.95. The van der Waals surface area contributed by atoms with Crippen LogP contribution in [0.25, 0.3) is 0 Å². The fourth-order valence-electron chi connectivity index (χ4n) is 4.21. The minimum Gasteiger partial charge on any atom is -0.415 e. The number of hydrogen-bond donors (Lipinski definition) is 1. The van der Waals surface area contributed by atoms with Crippen molar-refractivity contribution in [1.82, 2.24) is 5.32 Å². The van der Waals surface area contributed by atoms with Gasteiger partial charge >= 0.3 is 0 Å². The zero-order chi connectivity index (χ0) is 26.8. The molecule has 3 nitrogen and oxygen atoms in total. The van der Waals surface area contributed by atoms with Gasteiger partial charge in [-0.15, -0.1) is 0 Å². The number of nitrogens with one attached hydrogen (secondary N) is 1. The van der Waals surface area contributed by atoms with Crippen LogP contribution in [-0.2, 0) is 8.85 Å². The smallest absolute Gasteiger partial charge is 0.192 e. The Morgan fingerprint density at radius 1 is 0.771 bits per heavy atom. The zero-order valence-electron chi connectivity index (χ0n) is 25.7. The normalized spacial score (nSPS) is 22.8. The molecular formula is C30H63NO2Si2. The lowest BCUT2D eigenvalue weighted by Crippen LogP contribution is -2.58. The van der Waals surface area contributed by atoms with Gasteiger partial charge < -0.3 is 14.2 Å². The second-order valence-electron chi connectivity index (χ2n) is 14.2. The molecule has 3 atom stereocenters. The summed E-state index contributed by atoms with van der Waals surface area (Å²) in [5, 5.41) is 4.44. The van der Waals surface area contributed by atoms with Gasteiger partial charge in [0.2, 0.25) is 0 Å². The van der Waals surface area contributed by atoms with Crippen LogP contribution in [0.15, 0.2) is 12.2 Å². The van der Waals surface area contributed by atoms with Gasteiger partial charge in [0.1, 0.15) is 0 Å². The highest BCUT2D eigenvalue weighted by Gasteiger charge is 2.43. The van der Waals surface area contributed by atoms with Crippen molar-refractivity contribution in [2.24, 2.45) is 0 Å². The lowest BCUT2D eigenvalue weighted by molar-refractivity contribution is 0.0604. The van der Waals surface area contributed by atoms with Gasteiger partial charge in [-0.05, 0) is 68.4 Å². The second kappa shape index (κ2) is 14.9. The van der Waals surface area contributed by atoms with Crippen molar-refractivity contribution >= 4 is 16.6 Å². The van der Waals surface area contributed by atoms with Crippen LogP contribution in [0.2, 0.25) is 36.3 Å². The Kier molecular flexibility index (Phi) is 14.0. The van der Waals surface area contributed by atoms with Crippen molar-refractivity contribution in [3.63, 3.8) is 0 Å². The van der Waals surface area contributed by atoms with Crippen molar-refractivity contribution < 1.29 is 8.85 Å². The first-order chi connectivity index (χ1) is 16.1. The molecule has 1 rings (SSSR count). The molecule has 0 aromatic carbocycles. The van der Waals surface area contributed by atoms with E-state index in [2.05, 4.69) is 92.1 Å². The Morgan fingerprint density at radius 2 is 1.34 bits per heavy atom. The molecular weight excluding hydrogens is 463 g/mol. The molecule has 0 saturated carbocycles. The molecule has 1 heterocycles. The Hall–Kier alpha value is 0.0538. The third-order valence-corrected chi connectivity index (χ3v) is 17.9. The highest BCUT2D eigenvalue weighted by molar-refractivity contribution is 6.74. The summed E-state index contributed by atoms with van der Waals surface area (Å²) >= 11 is 0. The molecule has 0 amide bonds. The van der Waals surface area contributed by atoms with Crippen LogP contribution in [0.3, 0.4) is 0 Å². The zero-order valence-corrected chi connectivity index (χ0v) is 27.7. The first-order valence-corrected chi connectivity index (χ1v) is 20.6. The monoisotopic (exact) mass is 525 g/mol. The Bertz CT molecular complexity index is 604. The molecule has 0 radical (unpaired) electrons. The van der Waals surface area contributed by atoms with Gasteiger partial charge in [0.15, 0.2) is 16.6 Å². The fourth-order valence-corrected chi connectivity index (χ4v) is 6.63. The molecule has 208 valence electrons. The molecule has 1 saturated heterocycles. The van der Waals surface area contributed by atoms with E-state index >= 15 is 0 Å². The lowest BCUT2D eigenvalue weighted by Gasteiger charge is -2.46. The minimum atomic E-state index is -1.82. The average Bonchev–Trinajstić information content (AvgIpc) is 2.73. The molecule has 0 aliphatic carbocycles. The van der Waals surface area contributed by atoms with E-state index in [1.165, 1.54) is 57.8 Å². The molecule has 0 bridgehead atoms. The van der Waals surface area contributed by atoms with Crippen molar-refractivity contribution in [2.75, 3.05) is 6.61 Å². The quantitative estimate of drug-likeness (QED) is 0.131. The minimum absolute atomic E-state index is 0.230. The van der Waals surface area contributed by atoms with Crippen LogP contribution < -0.4 is 5.32 Å². The molecule has 1 aliphatic rings. The molecule has 5 heteroatoms. The maximum Gasteiger partial charge on any atom is 0.192 e. The van der Waals surface area contributed by atoms with Gasteiger partial charge in [-0.3, -0.25) is 0 Å². The number of rotatable bonds is 15. The molecule has 1 aliphatic heterocycles. The van der Waals surface area contributed by atoms with Crippen molar-refractivity contribution in [3.8, 4) is 0 Å². The predicted octanol–water partition coefficient (Wildman–Crippen LogP) is 9.61. The summed E-state index contributed by atoms with van der Waals surface area (Å²) in [7, 11) is -3.61. The average molecular weight is 526 g/mol. The second-order valence-corrected chi connectivity index (χ2v) is 23.7. The van der Waals surface area contributed by atoms with Crippen molar-refractivity contribution in [3.05, 3.63) is 12.2 Å². The van der Waals surface area contributed by atoms with Crippen LogP contribution in [0.4, 0.5) is 0 Å². The van der Waals surface area contributed by atoms with Crippen LogP contribution in [0, 0.1) is 0 Å². The van der Waals surface area contributed by atoms with Crippen LogP contribution in [0.1, 0.15) is 119 Å². The molecule has 1 N–H and O–H groups in total. The maximum atomic E-state index is 6.95. The van der Waals surface area contributed by atoms with Gasteiger partial charge in [0.05, 0.1) is 18.8 Å². The van der Waals surface area contributed by atoms with E-state index < -0.39 is 16.6 Å². The SMILES string of the molecule is CCCCCCCCC/C=C/C[C@H]1CC[C@H](O[Si](C)(C)C(C)(C)C)[C@@H](CO[Si](C)(C)C(C)(C)C)N1. The van der Waals surface area contributed by atoms with Gasteiger partial charge in [-0.1, -0.05) is 99.1 Å². The number of hydrogen-bond acceptors (Lipinski definition) is 3. The molecule has 0 aromatic heterocycles. The third kappa shape index (κ3) is 12.0. The molecule has 0 aromatic rings. The largest absolute Gasteiger partial charge is 0.415 e. The van der Waals surface area contributed by atoms with Gasteiger partial charge in [-0.2, -0.15) is 0 Å². The van der Waals surface area contributed by atoms with E-state index in [9.17, 15) is 0 Å². The topological polar surface area (TPSA) is 30.5 Å². The highest BCUT2D eigenvalue weighted by Crippen LogP contribution is 2.40. The van der Waals surface area contributed by atoms with E-state index in [-0.39, 0.29) is 22.2 Å². The summed E-state index contributed by atoms with van der Waals surface area (Å²) in [5.41, 5.74) is 0. The first kappa shape index (κ1) is 33.1. The van der Waals surface area contributed by atoms with Crippen molar-refractivity contribution in [2.45, 2.75) is 174 Å². The van der Waals surface area contributed by atoms with Crippen molar-refractivity contribution in [1.29, 1.82) is 0 Å².